The minimum atomic E-state index is 0.0927. The molecule has 0 bridgehead atoms. The van der Waals surface area contributed by atoms with E-state index in [1.165, 1.54) is 0 Å². The fourth-order valence-electron chi connectivity index (χ4n) is 2.36. The third-order valence-electron chi connectivity index (χ3n) is 3.43. The molecule has 2 rings (SSSR count). The largest absolute Gasteiger partial charge is 0.453 e. The van der Waals surface area contributed by atoms with Gasteiger partial charge in [0.25, 0.3) is 0 Å². The summed E-state index contributed by atoms with van der Waals surface area (Å²) in [6, 6.07) is 4.00. The van der Waals surface area contributed by atoms with Crippen LogP contribution in [0.1, 0.15) is 43.5 Å². The first kappa shape index (κ1) is 16.6. The summed E-state index contributed by atoms with van der Waals surface area (Å²) in [6.45, 7) is 7.90. The van der Waals surface area contributed by atoms with E-state index in [1.807, 2.05) is 23.7 Å². The maximum atomic E-state index is 6.41. The highest BCUT2D eigenvalue weighted by Crippen LogP contribution is 2.28. The second-order valence-corrected chi connectivity index (χ2v) is 6.17. The molecular formula is C15H21BrClN3O. The molecule has 0 aliphatic heterocycles. The van der Waals surface area contributed by atoms with E-state index in [1.54, 1.807) is 0 Å². The average Bonchev–Trinajstić information content (AvgIpc) is 3.01. The number of aryl methyl sites for hydroxylation is 2. The molecule has 116 valence electrons. The molecule has 1 atom stereocenters. The predicted molar refractivity (Wildman–Crippen MR) is 88.8 cm³/mol. The van der Waals surface area contributed by atoms with Crippen LogP contribution in [0, 0.1) is 6.92 Å². The minimum Gasteiger partial charge on any atom is -0.453 e. The van der Waals surface area contributed by atoms with Gasteiger partial charge in [0.1, 0.15) is 5.76 Å². The predicted octanol–water partition coefficient (Wildman–Crippen LogP) is 4.50. The van der Waals surface area contributed by atoms with Crippen LogP contribution in [-0.2, 0) is 13.0 Å². The van der Waals surface area contributed by atoms with Crippen molar-refractivity contribution in [2.24, 2.45) is 0 Å². The topological polar surface area (TPSA) is 43.0 Å². The summed E-state index contributed by atoms with van der Waals surface area (Å²) < 4.78 is 8.43. The average molecular weight is 375 g/mol. The van der Waals surface area contributed by atoms with Crippen molar-refractivity contribution >= 4 is 27.5 Å². The normalized spacial score (nSPS) is 12.8. The lowest BCUT2D eigenvalue weighted by molar-refractivity contribution is 0.393. The van der Waals surface area contributed by atoms with Crippen LogP contribution in [0.2, 0.25) is 5.02 Å². The number of halogens is 2. The fraction of sp³-hybridized carbons (Fsp3) is 0.533. The second-order valence-electron chi connectivity index (χ2n) is 5.01. The molecule has 0 amide bonds. The molecule has 2 heterocycles. The zero-order valence-electron chi connectivity index (χ0n) is 12.6. The number of aromatic nitrogens is 2. The van der Waals surface area contributed by atoms with Gasteiger partial charge in [-0.3, -0.25) is 4.68 Å². The number of rotatable bonds is 7. The van der Waals surface area contributed by atoms with Crippen molar-refractivity contribution in [3.63, 3.8) is 0 Å². The van der Waals surface area contributed by atoms with E-state index in [0.717, 1.165) is 52.8 Å². The molecule has 6 heteroatoms. The fourth-order valence-corrected chi connectivity index (χ4v) is 2.90. The van der Waals surface area contributed by atoms with Crippen molar-refractivity contribution in [3.8, 4) is 0 Å². The molecule has 0 radical (unpaired) electrons. The molecule has 21 heavy (non-hydrogen) atoms. The minimum absolute atomic E-state index is 0.0927. The third kappa shape index (κ3) is 3.90. The monoisotopic (exact) mass is 373 g/mol. The molecule has 0 saturated carbocycles. The van der Waals surface area contributed by atoms with Gasteiger partial charge in [-0.2, -0.15) is 5.10 Å². The summed E-state index contributed by atoms with van der Waals surface area (Å²) in [5, 5.41) is 8.75. The number of furan rings is 1. The second kappa shape index (κ2) is 7.47. The van der Waals surface area contributed by atoms with Gasteiger partial charge in [-0.1, -0.05) is 18.5 Å². The van der Waals surface area contributed by atoms with Gasteiger partial charge in [-0.25, -0.2) is 0 Å². The van der Waals surface area contributed by atoms with Crippen molar-refractivity contribution in [3.05, 3.63) is 39.0 Å². The van der Waals surface area contributed by atoms with E-state index in [2.05, 4.69) is 40.2 Å². The maximum absolute atomic E-state index is 6.41. The Balaban J connectivity index is 2.26. The van der Waals surface area contributed by atoms with Crippen LogP contribution in [0.15, 0.2) is 21.2 Å². The molecule has 1 unspecified atom stereocenters. The number of nitrogens with one attached hydrogen (secondary N) is 1. The molecule has 0 spiro atoms. The first-order valence-electron chi connectivity index (χ1n) is 7.27. The van der Waals surface area contributed by atoms with E-state index >= 15 is 0 Å². The van der Waals surface area contributed by atoms with Gasteiger partial charge < -0.3 is 9.73 Å². The zero-order valence-corrected chi connectivity index (χ0v) is 15.0. The molecule has 0 aliphatic rings. The van der Waals surface area contributed by atoms with E-state index < -0.39 is 0 Å². The van der Waals surface area contributed by atoms with E-state index in [-0.39, 0.29) is 6.04 Å². The molecule has 4 nitrogen and oxygen atoms in total. The summed E-state index contributed by atoms with van der Waals surface area (Å²) in [6.07, 6.45) is 1.83. The van der Waals surface area contributed by atoms with Crippen LogP contribution in [0.4, 0.5) is 0 Å². The Bertz CT molecular complexity index is 594. The van der Waals surface area contributed by atoms with Crippen LogP contribution in [0.5, 0.6) is 0 Å². The van der Waals surface area contributed by atoms with Crippen molar-refractivity contribution < 1.29 is 4.42 Å². The van der Waals surface area contributed by atoms with Crippen molar-refractivity contribution in [1.82, 2.24) is 15.1 Å². The number of hydrogen-bond donors (Lipinski definition) is 1. The molecule has 2 aromatic heterocycles. The highest BCUT2D eigenvalue weighted by molar-refractivity contribution is 9.10. The molecule has 1 N–H and O–H groups in total. The summed E-state index contributed by atoms with van der Waals surface area (Å²) >= 11 is 9.78. The molecular weight excluding hydrogens is 354 g/mol. The summed E-state index contributed by atoms with van der Waals surface area (Å²) in [4.78, 5) is 0. The van der Waals surface area contributed by atoms with Gasteiger partial charge in [-0.15, -0.1) is 0 Å². The van der Waals surface area contributed by atoms with Crippen LogP contribution in [-0.4, -0.2) is 16.3 Å². The van der Waals surface area contributed by atoms with Crippen LogP contribution >= 0.6 is 27.5 Å². The summed E-state index contributed by atoms with van der Waals surface area (Å²) in [7, 11) is 0. The lowest BCUT2D eigenvalue weighted by Gasteiger charge is -2.17. The number of hydrogen-bond acceptors (Lipinski definition) is 3. The Morgan fingerprint density at radius 3 is 2.76 bits per heavy atom. The van der Waals surface area contributed by atoms with Gasteiger partial charge in [0.05, 0.1) is 22.5 Å². The standard InChI is InChI=1S/C15H21BrClN3O/c1-4-8-18-11(13-6-7-14(16)21-13)9-12-15(17)10(3)19-20(12)5-2/h6-7,11,18H,4-5,8-9H2,1-3H3. The van der Waals surface area contributed by atoms with Crippen LogP contribution in [0.25, 0.3) is 0 Å². The third-order valence-corrected chi connectivity index (χ3v) is 4.35. The Morgan fingerprint density at radius 2 is 2.19 bits per heavy atom. The van der Waals surface area contributed by atoms with Crippen molar-refractivity contribution in [2.45, 2.75) is 46.2 Å². The first-order chi connectivity index (χ1) is 10.1. The SMILES string of the molecule is CCCNC(Cc1c(Cl)c(C)nn1CC)c1ccc(Br)o1. The Labute approximate surface area is 139 Å². The smallest absolute Gasteiger partial charge is 0.169 e. The van der Waals surface area contributed by atoms with E-state index in [9.17, 15) is 0 Å². The van der Waals surface area contributed by atoms with Crippen LogP contribution < -0.4 is 5.32 Å². The molecule has 0 aromatic carbocycles. The Hall–Kier alpha value is -0.780. The lowest BCUT2D eigenvalue weighted by Crippen LogP contribution is -2.25. The molecule has 2 aromatic rings. The quantitative estimate of drug-likeness (QED) is 0.775. The Kier molecular flexibility index (Phi) is 5.90. The van der Waals surface area contributed by atoms with Crippen molar-refractivity contribution in [1.29, 1.82) is 0 Å². The molecule has 0 aliphatic carbocycles. The zero-order chi connectivity index (χ0) is 15.4. The van der Waals surface area contributed by atoms with Gasteiger partial charge in [0.2, 0.25) is 0 Å². The summed E-state index contributed by atoms with van der Waals surface area (Å²) in [5.74, 6) is 0.910. The first-order valence-corrected chi connectivity index (χ1v) is 8.44. The molecule has 0 fully saturated rings. The van der Waals surface area contributed by atoms with Crippen LogP contribution in [0.3, 0.4) is 0 Å². The Morgan fingerprint density at radius 1 is 1.43 bits per heavy atom. The summed E-state index contributed by atoms with van der Waals surface area (Å²) in [5.41, 5.74) is 1.93. The lowest BCUT2D eigenvalue weighted by atomic mass is 10.1. The maximum Gasteiger partial charge on any atom is 0.169 e. The molecule has 0 saturated heterocycles. The van der Waals surface area contributed by atoms with Gasteiger partial charge in [0.15, 0.2) is 4.67 Å². The highest BCUT2D eigenvalue weighted by Gasteiger charge is 2.21. The van der Waals surface area contributed by atoms with E-state index in [4.69, 9.17) is 16.0 Å². The van der Waals surface area contributed by atoms with Crippen molar-refractivity contribution in [2.75, 3.05) is 6.54 Å². The number of nitrogens with zero attached hydrogens (tertiary/aromatic N) is 2. The van der Waals surface area contributed by atoms with Gasteiger partial charge in [-0.05, 0) is 54.9 Å². The van der Waals surface area contributed by atoms with E-state index in [0.29, 0.717) is 0 Å². The van der Waals surface area contributed by atoms with Gasteiger partial charge >= 0.3 is 0 Å². The van der Waals surface area contributed by atoms with Gasteiger partial charge in [0, 0.05) is 13.0 Å². The highest BCUT2D eigenvalue weighted by atomic mass is 79.9.